The maximum Gasteiger partial charge on any atom is 0.338 e. The molecule has 11 heteroatoms. The second-order valence-electron chi connectivity index (χ2n) is 5.88. The van der Waals surface area contributed by atoms with Gasteiger partial charge in [0.25, 0.3) is 0 Å². The molecule has 1 fully saturated rings. The summed E-state index contributed by atoms with van der Waals surface area (Å²) in [6.07, 6.45) is -5.57. The Kier molecular flexibility index (Phi) is 7.33. The molecule has 1 aliphatic heterocycles. The molecule has 1 aliphatic rings. The van der Waals surface area contributed by atoms with Gasteiger partial charge in [-0.3, -0.25) is 9.59 Å². The quantitative estimate of drug-likeness (QED) is 0.247. The summed E-state index contributed by atoms with van der Waals surface area (Å²) < 4.78 is 20.6. The van der Waals surface area contributed by atoms with Crippen LogP contribution in [0.25, 0.3) is 10.4 Å². The Morgan fingerprint density at radius 3 is 2.43 bits per heavy atom. The first-order valence-corrected chi connectivity index (χ1v) is 8.27. The van der Waals surface area contributed by atoms with Gasteiger partial charge in [-0.25, -0.2) is 4.79 Å². The summed E-state index contributed by atoms with van der Waals surface area (Å²) in [5.74, 6) is -2.17. The first-order valence-electron chi connectivity index (χ1n) is 8.27. The third-order valence-corrected chi connectivity index (χ3v) is 3.81. The lowest BCUT2D eigenvalue weighted by Gasteiger charge is -2.41. The molecule has 150 valence electrons. The van der Waals surface area contributed by atoms with E-state index in [0.717, 1.165) is 13.8 Å². The monoisotopic (exact) mass is 393 g/mol. The van der Waals surface area contributed by atoms with E-state index in [2.05, 4.69) is 10.0 Å². The fourth-order valence-electron chi connectivity index (χ4n) is 2.59. The van der Waals surface area contributed by atoms with E-state index in [1.54, 1.807) is 18.2 Å². The Bertz CT molecular complexity index is 765. The van der Waals surface area contributed by atoms with Crippen LogP contribution in [0.5, 0.6) is 0 Å². The molecule has 0 bridgehead atoms. The lowest BCUT2D eigenvalue weighted by Crippen LogP contribution is -2.60. The summed E-state index contributed by atoms with van der Waals surface area (Å²) in [6, 6.07) is 6.58. The van der Waals surface area contributed by atoms with Crippen molar-refractivity contribution in [1.82, 2.24) is 0 Å². The summed E-state index contributed by atoms with van der Waals surface area (Å²) in [7, 11) is 0. The third-order valence-electron chi connectivity index (χ3n) is 3.81. The van der Waals surface area contributed by atoms with Gasteiger partial charge in [-0.2, -0.15) is 0 Å². The fraction of sp³-hybridized carbons (Fsp3) is 0.471. The molecule has 1 saturated heterocycles. The number of aliphatic hydroxyl groups excluding tert-OH is 1. The maximum absolute atomic E-state index is 12.4. The van der Waals surface area contributed by atoms with Crippen molar-refractivity contribution < 1.29 is 38.4 Å². The topological polar surface area (TPSA) is 157 Å². The second-order valence-corrected chi connectivity index (χ2v) is 5.88. The summed E-state index contributed by atoms with van der Waals surface area (Å²) in [5.41, 5.74) is 9.03. The van der Waals surface area contributed by atoms with Gasteiger partial charge >= 0.3 is 17.9 Å². The summed E-state index contributed by atoms with van der Waals surface area (Å²) in [4.78, 5) is 37.5. The van der Waals surface area contributed by atoms with Gasteiger partial charge in [0.05, 0.1) is 5.56 Å². The standard InChI is InChI=1S/C17H19N3O8/c1-9(21)25-8-12-14(23)15(28-16(24)11-6-4-3-5-7-11)13(19-20-18)17(27-12)26-10(2)22/h3-7,12-15,17,23H,8H2,1-2H3/t12-,13-,14-,15-,17-/m1/s1. The highest BCUT2D eigenvalue weighted by molar-refractivity contribution is 5.89. The average molecular weight is 393 g/mol. The number of hydrogen-bond donors (Lipinski definition) is 1. The molecule has 11 nitrogen and oxygen atoms in total. The predicted molar refractivity (Wildman–Crippen MR) is 91.6 cm³/mol. The highest BCUT2D eigenvalue weighted by atomic mass is 16.7. The number of rotatable bonds is 6. The number of esters is 3. The molecule has 0 aliphatic carbocycles. The van der Waals surface area contributed by atoms with Gasteiger partial charge in [-0.1, -0.05) is 23.3 Å². The maximum atomic E-state index is 12.4. The number of aliphatic hydroxyl groups is 1. The van der Waals surface area contributed by atoms with Crippen LogP contribution in [-0.4, -0.2) is 60.3 Å². The zero-order valence-electron chi connectivity index (χ0n) is 15.1. The van der Waals surface area contributed by atoms with E-state index in [1.807, 2.05) is 0 Å². The smallest absolute Gasteiger partial charge is 0.338 e. The molecule has 1 N–H and O–H groups in total. The van der Waals surface area contributed by atoms with Crippen molar-refractivity contribution in [3.8, 4) is 0 Å². The van der Waals surface area contributed by atoms with Crippen LogP contribution in [0.3, 0.4) is 0 Å². The Balaban J connectivity index is 2.30. The van der Waals surface area contributed by atoms with Crippen molar-refractivity contribution in [3.05, 3.63) is 46.3 Å². The summed E-state index contributed by atoms with van der Waals surface area (Å²) >= 11 is 0. The first kappa shape index (κ1) is 21.2. The zero-order chi connectivity index (χ0) is 20.7. The Labute approximate surface area is 159 Å². The molecule has 1 aromatic carbocycles. The molecular weight excluding hydrogens is 374 g/mol. The van der Waals surface area contributed by atoms with Gasteiger partial charge in [0.2, 0.25) is 6.29 Å². The Morgan fingerprint density at radius 1 is 1.18 bits per heavy atom. The molecular formula is C17H19N3O8. The van der Waals surface area contributed by atoms with E-state index in [4.69, 9.17) is 24.5 Å². The van der Waals surface area contributed by atoms with Gasteiger partial charge < -0.3 is 24.1 Å². The number of benzene rings is 1. The highest BCUT2D eigenvalue weighted by Crippen LogP contribution is 2.28. The van der Waals surface area contributed by atoms with Crippen molar-refractivity contribution in [2.75, 3.05) is 6.61 Å². The molecule has 0 saturated carbocycles. The molecule has 1 aromatic rings. The largest absolute Gasteiger partial charge is 0.463 e. The van der Waals surface area contributed by atoms with Gasteiger partial charge in [-0.05, 0) is 17.7 Å². The van der Waals surface area contributed by atoms with Crippen molar-refractivity contribution >= 4 is 17.9 Å². The van der Waals surface area contributed by atoms with Crippen LogP contribution < -0.4 is 0 Å². The molecule has 0 aromatic heterocycles. The normalized spacial score (nSPS) is 26.5. The number of carbonyl (C=O) groups is 3. The van der Waals surface area contributed by atoms with Crippen LogP contribution >= 0.6 is 0 Å². The van der Waals surface area contributed by atoms with Crippen molar-refractivity contribution in [1.29, 1.82) is 0 Å². The Hall–Kier alpha value is -3.14. The summed E-state index contributed by atoms with van der Waals surface area (Å²) in [6.45, 7) is 1.87. The fourth-order valence-corrected chi connectivity index (χ4v) is 2.59. The van der Waals surface area contributed by atoms with E-state index in [1.165, 1.54) is 12.1 Å². The highest BCUT2D eigenvalue weighted by Gasteiger charge is 2.49. The molecule has 2 rings (SSSR count). The van der Waals surface area contributed by atoms with E-state index in [0.29, 0.717) is 0 Å². The van der Waals surface area contributed by atoms with Gasteiger partial charge in [0.1, 0.15) is 31.0 Å². The van der Waals surface area contributed by atoms with Crippen LogP contribution in [0, 0.1) is 0 Å². The number of hydrogen-bond acceptors (Lipinski definition) is 9. The van der Waals surface area contributed by atoms with Gasteiger partial charge in [0, 0.05) is 18.8 Å². The third kappa shape index (κ3) is 5.43. The molecule has 0 radical (unpaired) electrons. The van der Waals surface area contributed by atoms with Gasteiger partial charge in [0.15, 0.2) is 0 Å². The van der Waals surface area contributed by atoms with Crippen molar-refractivity contribution in [2.24, 2.45) is 5.11 Å². The minimum atomic E-state index is -1.52. The summed E-state index contributed by atoms with van der Waals surface area (Å²) in [5, 5.41) is 14.0. The molecule has 0 spiro atoms. The molecule has 5 atom stereocenters. The van der Waals surface area contributed by atoms with E-state index in [-0.39, 0.29) is 5.56 Å². The van der Waals surface area contributed by atoms with Crippen LogP contribution in [0.2, 0.25) is 0 Å². The zero-order valence-corrected chi connectivity index (χ0v) is 15.1. The first-order chi connectivity index (χ1) is 13.3. The van der Waals surface area contributed by atoms with Crippen LogP contribution in [-0.2, 0) is 28.5 Å². The Morgan fingerprint density at radius 2 is 1.86 bits per heavy atom. The predicted octanol–water partition coefficient (Wildman–Crippen LogP) is 1.10. The second kappa shape index (κ2) is 9.70. The van der Waals surface area contributed by atoms with Crippen molar-refractivity contribution in [3.63, 3.8) is 0 Å². The number of nitrogens with zero attached hydrogens (tertiary/aromatic N) is 3. The van der Waals surface area contributed by atoms with E-state index in [9.17, 15) is 19.5 Å². The minimum absolute atomic E-state index is 0.196. The number of ether oxygens (including phenoxy) is 4. The number of azide groups is 1. The van der Waals surface area contributed by atoms with Crippen LogP contribution in [0.15, 0.2) is 35.4 Å². The van der Waals surface area contributed by atoms with E-state index < -0.39 is 55.2 Å². The molecule has 0 unspecified atom stereocenters. The average Bonchev–Trinajstić information content (AvgIpc) is 2.65. The lowest BCUT2D eigenvalue weighted by atomic mass is 9.97. The van der Waals surface area contributed by atoms with Crippen LogP contribution in [0.4, 0.5) is 0 Å². The van der Waals surface area contributed by atoms with Crippen LogP contribution in [0.1, 0.15) is 24.2 Å². The SMILES string of the molecule is CC(=O)OC[C@H]1O[C@@H](OC(C)=O)[C@H](N=[N+]=[N-])[C@@H](OC(=O)c2ccccc2)[C@@H]1O. The number of carbonyl (C=O) groups excluding carboxylic acids is 3. The van der Waals surface area contributed by atoms with E-state index >= 15 is 0 Å². The molecule has 1 heterocycles. The lowest BCUT2D eigenvalue weighted by molar-refractivity contribution is -0.259. The minimum Gasteiger partial charge on any atom is -0.463 e. The van der Waals surface area contributed by atoms with Crippen molar-refractivity contribution in [2.45, 2.75) is 44.5 Å². The molecule has 28 heavy (non-hydrogen) atoms. The molecule has 0 amide bonds. The van der Waals surface area contributed by atoms with Gasteiger partial charge in [-0.15, -0.1) is 0 Å².